The van der Waals surface area contributed by atoms with E-state index in [1.54, 1.807) is 48.5 Å². The number of ether oxygens (including phenoxy) is 1. The molecular formula is C24H20N2O4. The number of benzene rings is 3. The number of fused-ring (bicyclic) bond motifs is 1. The molecule has 0 saturated carbocycles. The number of esters is 1. The zero-order valence-corrected chi connectivity index (χ0v) is 16.2. The van der Waals surface area contributed by atoms with Gasteiger partial charge >= 0.3 is 5.97 Å². The third-order valence-electron chi connectivity index (χ3n) is 4.85. The van der Waals surface area contributed by atoms with Crippen molar-refractivity contribution in [1.82, 2.24) is 0 Å². The zero-order chi connectivity index (χ0) is 20.9. The summed E-state index contributed by atoms with van der Waals surface area (Å²) in [4.78, 5) is 41.0. The van der Waals surface area contributed by atoms with Gasteiger partial charge in [0.15, 0.2) is 0 Å². The molecule has 0 bridgehead atoms. The van der Waals surface area contributed by atoms with Crippen molar-refractivity contribution in [3.8, 4) is 0 Å². The first-order valence-electron chi connectivity index (χ1n) is 9.59. The third-order valence-corrected chi connectivity index (χ3v) is 4.85. The van der Waals surface area contributed by atoms with Crippen LogP contribution in [-0.2, 0) is 20.9 Å². The molecule has 0 radical (unpaired) electrons. The van der Waals surface area contributed by atoms with Crippen molar-refractivity contribution in [1.29, 1.82) is 0 Å². The topological polar surface area (TPSA) is 66.9 Å². The van der Waals surface area contributed by atoms with Crippen LogP contribution in [0.25, 0.3) is 0 Å². The van der Waals surface area contributed by atoms with Crippen molar-refractivity contribution >= 4 is 29.2 Å². The van der Waals surface area contributed by atoms with E-state index in [0.717, 1.165) is 5.56 Å². The fraction of sp³-hybridized carbons (Fsp3) is 0.125. The summed E-state index contributed by atoms with van der Waals surface area (Å²) in [6, 6.07) is 25.2. The Morgan fingerprint density at radius 3 is 2.10 bits per heavy atom. The Balaban J connectivity index is 1.52. The highest BCUT2D eigenvalue weighted by molar-refractivity contribution is 6.16. The number of rotatable bonds is 5. The molecule has 3 aromatic carbocycles. The summed E-state index contributed by atoms with van der Waals surface area (Å²) < 4.78 is 5.32. The first-order valence-corrected chi connectivity index (χ1v) is 9.59. The molecule has 0 saturated heterocycles. The molecule has 6 nitrogen and oxygen atoms in total. The maximum atomic E-state index is 13.0. The van der Waals surface area contributed by atoms with Crippen molar-refractivity contribution in [3.63, 3.8) is 0 Å². The standard InChI is InChI=1S/C24H20N2O4/c27-22-15-26(24(29)19-11-5-2-6-12-19)21-14-8-7-13-20(21)25(22)16-23(28)30-17-18-9-3-1-4-10-18/h1-14H,15-17H2. The number of para-hydroxylation sites is 2. The number of hydrogen-bond donors (Lipinski definition) is 0. The highest BCUT2D eigenvalue weighted by Crippen LogP contribution is 2.34. The number of hydrogen-bond acceptors (Lipinski definition) is 4. The van der Waals surface area contributed by atoms with E-state index in [9.17, 15) is 14.4 Å². The zero-order valence-electron chi connectivity index (χ0n) is 16.2. The highest BCUT2D eigenvalue weighted by Gasteiger charge is 2.34. The molecule has 0 aliphatic carbocycles. The van der Waals surface area contributed by atoms with E-state index in [-0.39, 0.29) is 31.5 Å². The minimum absolute atomic E-state index is 0.141. The van der Waals surface area contributed by atoms with Gasteiger partial charge in [0.1, 0.15) is 19.7 Å². The maximum Gasteiger partial charge on any atom is 0.326 e. The van der Waals surface area contributed by atoms with Gasteiger partial charge in [-0.05, 0) is 29.8 Å². The summed E-state index contributed by atoms with van der Waals surface area (Å²) in [6.45, 7) is -0.214. The summed E-state index contributed by atoms with van der Waals surface area (Å²) in [5.41, 5.74) is 2.46. The van der Waals surface area contributed by atoms with Gasteiger partial charge in [-0.15, -0.1) is 0 Å². The minimum atomic E-state index is -0.509. The Morgan fingerprint density at radius 1 is 0.800 bits per heavy atom. The minimum Gasteiger partial charge on any atom is -0.459 e. The summed E-state index contributed by atoms with van der Waals surface area (Å²) in [6.07, 6.45) is 0. The smallest absolute Gasteiger partial charge is 0.326 e. The maximum absolute atomic E-state index is 13.0. The van der Waals surface area contributed by atoms with E-state index < -0.39 is 5.97 Å². The van der Waals surface area contributed by atoms with Gasteiger partial charge < -0.3 is 4.74 Å². The molecule has 1 aliphatic heterocycles. The summed E-state index contributed by atoms with van der Waals surface area (Å²) >= 11 is 0. The molecule has 0 unspecified atom stereocenters. The van der Waals surface area contributed by atoms with Crippen LogP contribution in [0.5, 0.6) is 0 Å². The van der Waals surface area contributed by atoms with E-state index in [0.29, 0.717) is 16.9 Å². The van der Waals surface area contributed by atoms with Gasteiger partial charge in [0.25, 0.3) is 5.91 Å². The second-order valence-corrected chi connectivity index (χ2v) is 6.87. The monoisotopic (exact) mass is 400 g/mol. The van der Waals surface area contributed by atoms with Crippen LogP contribution in [0, 0.1) is 0 Å². The predicted octanol–water partition coefficient (Wildman–Crippen LogP) is 3.42. The number of carbonyl (C=O) groups excluding carboxylic acids is 3. The van der Waals surface area contributed by atoms with Crippen LogP contribution in [0.3, 0.4) is 0 Å². The van der Waals surface area contributed by atoms with E-state index in [4.69, 9.17) is 4.74 Å². The van der Waals surface area contributed by atoms with Gasteiger partial charge in [0, 0.05) is 5.56 Å². The van der Waals surface area contributed by atoms with Gasteiger partial charge in [-0.25, -0.2) is 0 Å². The molecule has 2 amide bonds. The third kappa shape index (κ3) is 4.07. The second-order valence-electron chi connectivity index (χ2n) is 6.87. The van der Waals surface area contributed by atoms with E-state index in [1.807, 2.05) is 36.4 Å². The van der Waals surface area contributed by atoms with Crippen LogP contribution in [0.4, 0.5) is 11.4 Å². The number of nitrogens with zero attached hydrogens (tertiary/aromatic N) is 2. The number of carbonyl (C=O) groups is 3. The van der Waals surface area contributed by atoms with Crippen molar-refractivity contribution in [3.05, 3.63) is 96.1 Å². The fourth-order valence-corrected chi connectivity index (χ4v) is 3.36. The summed E-state index contributed by atoms with van der Waals surface area (Å²) in [5, 5.41) is 0. The molecule has 3 aromatic rings. The second kappa shape index (κ2) is 8.61. The predicted molar refractivity (Wildman–Crippen MR) is 113 cm³/mol. The van der Waals surface area contributed by atoms with Gasteiger partial charge in [-0.1, -0.05) is 60.7 Å². The molecule has 0 atom stereocenters. The van der Waals surface area contributed by atoms with E-state index in [2.05, 4.69) is 0 Å². The Labute approximate surface area is 174 Å². The lowest BCUT2D eigenvalue weighted by atomic mass is 10.1. The lowest BCUT2D eigenvalue weighted by Gasteiger charge is -2.35. The largest absolute Gasteiger partial charge is 0.459 e. The molecule has 0 fully saturated rings. The van der Waals surface area contributed by atoms with Crippen molar-refractivity contribution in [2.75, 3.05) is 22.9 Å². The van der Waals surface area contributed by atoms with Gasteiger partial charge in [-0.2, -0.15) is 0 Å². The quantitative estimate of drug-likeness (QED) is 0.616. The summed E-state index contributed by atoms with van der Waals surface area (Å²) in [7, 11) is 0. The molecule has 0 N–H and O–H groups in total. The van der Waals surface area contributed by atoms with Crippen LogP contribution in [-0.4, -0.2) is 30.9 Å². The van der Waals surface area contributed by atoms with Crippen molar-refractivity contribution < 1.29 is 19.1 Å². The lowest BCUT2D eigenvalue weighted by Crippen LogP contribution is -2.49. The molecule has 4 rings (SSSR count). The molecule has 30 heavy (non-hydrogen) atoms. The first-order chi connectivity index (χ1) is 14.6. The average Bonchev–Trinajstić information content (AvgIpc) is 2.80. The highest BCUT2D eigenvalue weighted by atomic mass is 16.5. The Morgan fingerprint density at radius 2 is 1.40 bits per heavy atom. The molecular weight excluding hydrogens is 380 g/mol. The molecule has 150 valence electrons. The van der Waals surface area contributed by atoms with Crippen molar-refractivity contribution in [2.24, 2.45) is 0 Å². The molecule has 1 aliphatic rings. The Hall–Kier alpha value is -3.93. The molecule has 6 heteroatoms. The normalized spacial score (nSPS) is 13.0. The lowest BCUT2D eigenvalue weighted by molar-refractivity contribution is -0.144. The van der Waals surface area contributed by atoms with Crippen molar-refractivity contribution in [2.45, 2.75) is 6.61 Å². The Kier molecular flexibility index (Phi) is 5.57. The number of anilines is 2. The summed E-state index contributed by atoms with van der Waals surface area (Å²) in [5.74, 6) is -1.11. The van der Waals surface area contributed by atoms with Crippen LogP contribution in [0.2, 0.25) is 0 Å². The van der Waals surface area contributed by atoms with E-state index >= 15 is 0 Å². The van der Waals surface area contributed by atoms with Crippen LogP contribution in [0.15, 0.2) is 84.9 Å². The van der Waals surface area contributed by atoms with Crippen LogP contribution in [0.1, 0.15) is 15.9 Å². The van der Waals surface area contributed by atoms with Crippen LogP contribution < -0.4 is 9.80 Å². The molecule has 0 aromatic heterocycles. The fourth-order valence-electron chi connectivity index (χ4n) is 3.36. The van der Waals surface area contributed by atoms with Gasteiger partial charge in [0.05, 0.1) is 11.4 Å². The average molecular weight is 400 g/mol. The van der Waals surface area contributed by atoms with Gasteiger partial charge in [0.2, 0.25) is 5.91 Å². The van der Waals surface area contributed by atoms with E-state index in [1.165, 1.54) is 9.80 Å². The Bertz CT molecular complexity index is 1070. The SMILES string of the molecule is O=C(CN1C(=O)CN(C(=O)c2ccccc2)c2ccccc21)OCc1ccccc1. The molecule has 1 heterocycles. The molecule has 0 spiro atoms. The van der Waals surface area contributed by atoms with Crippen LogP contribution >= 0.6 is 0 Å². The number of amides is 2. The first kappa shape index (κ1) is 19.4. The van der Waals surface area contributed by atoms with Gasteiger partial charge in [-0.3, -0.25) is 24.2 Å².